The summed E-state index contributed by atoms with van der Waals surface area (Å²) in [7, 11) is 0. The fourth-order valence-electron chi connectivity index (χ4n) is 2.73. The van der Waals surface area contributed by atoms with E-state index in [-0.39, 0.29) is 12.3 Å². The first-order chi connectivity index (χ1) is 10.5. The molecule has 120 valence electrons. The lowest BCUT2D eigenvalue weighted by molar-refractivity contribution is -0.385. The largest absolute Gasteiger partial charge is 0.465 e. The number of aryl methyl sites for hydroxylation is 1. The minimum atomic E-state index is -1.04. The van der Waals surface area contributed by atoms with Gasteiger partial charge in [-0.15, -0.1) is 0 Å². The summed E-state index contributed by atoms with van der Waals surface area (Å²) in [6.45, 7) is 2.74. The van der Waals surface area contributed by atoms with Gasteiger partial charge in [-0.1, -0.05) is 6.92 Å². The molecule has 0 spiro atoms. The molecule has 0 bridgehead atoms. The van der Waals surface area contributed by atoms with Crippen molar-refractivity contribution in [1.82, 2.24) is 4.90 Å². The van der Waals surface area contributed by atoms with Crippen molar-refractivity contribution >= 4 is 17.5 Å². The predicted octanol–water partition coefficient (Wildman–Crippen LogP) is 1.32. The zero-order chi connectivity index (χ0) is 16.3. The van der Waals surface area contributed by atoms with Crippen molar-refractivity contribution in [3.05, 3.63) is 33.9 Å². The third-order valence-corrected chi connectivity index (χ3v) is 3.95. The Hall–Kier alpha value is -2.35. The molecule has 1 heterocycles. The molecule has 1 saturated heterocycles. The first kappa shape index (κ1) is 16.0. The van der Waals surface area contributed by atoms with Crippen molar-refractivity contribution in [2.75, 3.05) is 31.1 Å². The second kappa shape index (κ2) is 6.61. The lowest BCUT2D eigenvalue weighted by Gasteiger charge is -2.40. The van der Waals surface area contributed by atoms with Crippen molar-refractivity contribution in [2.45, 2.75) is 19.4 Å². The molecular formula is C14H19N3O5. The number of rotatable bonds is 4. The molecule has 8 nitrogen and oxygen atoms in total. The maximum absolute atomic E-state index is 11.1. The summed E-state index contributed by atoms with van der Waals surface area (Å²) >= 11 is 0. The van der Waals surface area contributed by atoms with E-state index in [2.05, 4.69) is 0 Å². The lowest BCUT2D eigenvalue weighted by atomic mass is 10.1. The van der Waals surface area contributed by atoms with Crippen LogP contribution in [0.25, 0.3) is 0 Å². The van der Waals surface area contributed by atoms with Gasteiger partial charge in [-0.25, -0.2) is 4.79 Å². The highest BCUT2D eigenvalue weighted by molar-refractivity contribution is 5.66. The summed E-state index contributed by atoms with van der Waals surface area (Å²) in [5, 5.41) is 29.4. The number of aliphatic hydroxyl groups excluding tert-OH is 1. The van der Waals surface area contributed by atoms with Gasteiger partial charge in [0, 0.05) is 37.0 Å². The molecule has 1 fully saturated rings. The molecule has 1 atom stereocenters. The van der Waals surface area contributed by atoms with Gasteiger partial charge in [0.1, 0.15) is 0 Å². The van der Waals surface area contributed by atoms with E-state index in [1.165, 1.54) is 11.0 Å². The van der Waals surface area contributed by atoms with Crippen LogP contribution in [0.4, 0.5) is 16.2 Å². The van der Waals surface area contributed by atoms with Crippen LogP contribution in [0, 0.1) is 10.1 Å². The Morgan fingerprint density at radius 2 is 2.18 bits per heavy atom. The van der Waals surface area contributed by atoms with Crippen molar-refractivity contribution in [2.24, 2.45) is 0 Å². The standard InChI is InChI=1S/C14H19N3O5/c1-2-10-7-11(3-4-13(10)17(21)22)15-5-6-16(14(19)20)12(8-15)9-18/h3-4,7,12,18H,2,5-6,8-9H2,1H3,(H,19,20). The Morgan fingerprint density at radius 3 is 2.73 bits per heavy atom. The molecule has 1 amide bonds. The number of nitro groups is 1. The molecule has 0 aromatic heterocycles. The fourth-order valence-corrected chi connectivity index (χ4v) is 2.73. The summed E-state index contributed by atoms with van der Waals surface area (Å²) in [6.07, 6.45) is -0.500. The smallest absolute Gasteiger partial charge is 0.407 e. The van der Waals surface area contributed by atoms with Gasteiger partial charge >= 0.3 is 6.09 Å². The highest BCUT2D eigenvalue weighted by Crippen LogP contribution is 2.27. The van der Waals surface area contributed by atoms with Gasteiger partial charge in [0.2, 0.25) is 0 Å². The van der Waals surface area contributed by atoms with Crippen LogP contribution < -0.4 is 4.90 Å². The van der Waals surface area contributed by atoms with E-state index in [1.807, 2.05) is 11.8 Å². The maximum Gasteiger partial charge on any atom is 0.407 e. The first-order valence-electron chi connectivity index (χ1n) is 7.10. The van der Waals surface area contributed by atoms with E-state index in [0.717, 1.165) is 5.69 Å². The number of nitro benzene ring substituents is 1. The zero-order valence-electron chi connectivity index (χ0n) is 12.3. The minimum absolute atomic E-state index is 0.0918. The molecular weight excluding hydrogens is 290 g/mol. The predicted molar refractivity (Wildman–Crippen MR) is 80.3 cm³/mol. The number of piperazine rings is 1. The van der Waals surface area contributed by atoms with E-state index in [0.29, 0.717) is 31.6 Å². The quantitative estimate of drug-likeness (QED) is 0.641. The maximum atomic E-state index is 11.1. The third-order valence-electron chi connectivity index (χ3n) is 3.95. The van der Waals surface area contributed by atoms with Gasteiger partial charge in [-0.2, -0.15) is 0 Å². The molecule has 0 saturated carbocycles. The molecule has 22 heavy (non-hydrogen) atoms. The van der Waals surface area contributed by atoms with Crippen molar-refractivity contribution in [3.63, 3.8) is 0 Å². The van der Waals surface area contributed by atoms with Crippen LogP contribution in [-0.2, 0) is 6.42 Å². The molecule has 1 aromatic rings. The molecule has 1 unspecified atom stereocenters. The molecule has 0 aliphatic carbocycles. The van der Waals surface area contributed by atoms with Crippen LogP contribution in [0.15, 0.2) is 18.2 Å². The normalized spacial score (nSPS) is 18.4. The molecule has 2 rings (SSSR count). The molecule has 1 aromatic carbocycles. The summed E-state index contributed by atoms with van der Waals surface area (Å²) in [4.78, 5) is 24.9. The van der Waals surface area contributed by atoms with E-state index in [1.54, 1.807) is 12.1 Å². The lowest BCUT2D eigenvalue weighted by Crippen LogP contribution is -2.56. The number of aliphatic hydroxyl groups is 1. The van der Waals surface area contributed by atoms with Crippen LogP contribution in [0.5, 0.6) is 0 Å². The number of anilines is 1. The average molecular weight is 309 g/mol. The number of hydrogen-bond donors (Lipinski definition) is 2. The molecule has 1 aliphatic rings. The molecule has 1 aliphatic heterocycles. The molecule has 0 radical (unpaired) electrons. The second-order valence-corrected chi connectivity index (χ2v) is 5.18. The van der Waals surface area contributed by atoms with Crippen LogP contribution in [0.2, 0.25) is 0 Å². The van der Waals surface area contributed by atoms with Crippen molar-refractivity contribution < 1.29 is 19.9 Å². The van der Waals surface area contributed by atoms with Crippen LogP contribution >= 0.6 is 0 Å². The van der Waals surface area contributed by atoms with Gasteiger partial charge < -0.3 is 15.1 Å². The summed E-state index contributed by atoms with van der Waals surface area (Å²) in [6, 6.07) is 4.42. The number of carboxylic acid groups (broad SMARTS) is 1. The average Bonchev–Trinajstić information content (AvgIpc) is 2.53. The van der Waals surface area contributed by atoms with Gasteiger partial charge in [0.15, 0.2) is 0 Å². The summed E-state index contributed by atoms with van der Waals surface area (Å²) in [5.41, 5.74) is 1.55. The first-order valence-corrected chi connectivity index (χ1v) is 7.10. The van der Waals surface area contributed by atoms with Crippen LogP contribution in [0.3, 0.4) is 0 Å². The van der Waals surface area contributed by atoms with Gasteiger partial charge in [-0.3, -0.25) is 15.0 Å². The third kappa shape index (κ3) is 3.11. The van der Waals surface area contributed by atoms with E-state index < -0.39 is 17.1 Å². The molecule has 2 N–H and O–H groups in total. The Morgan fingerprint density at radius 1 is 1.45 bits per heavy atom. The Bertz CT molecular complexity index is 578. The van der Waals surface area contributed by atoms with Crippen LogP contribution in [-0.4, -0.2) is 58.4 Å². The zero-order valence-corrected chi connectivity index (χ0v) is 12.3. The Kier molecular flexibility index (Phi) is 4.81. The van der Waals surface area contributed by atoms with E-state index in [9.17, 15) is 20.0 Å². The Labute approximate surface area is 127 Å². The van der Waals surface area contributed by atoms with Gasteiger partial charge in [0.05, 0.1) is 17.6 Å². The van der Waals surface area contributed by atoms with Crippen molar-refractivity contribution in [3.8, 4) is 0 Å². The van der Waals surface area contributed by atoms with Crippen molar-refractivity contribution in [1.29, 1.82) is 0 Å². The summed E-state index contributed by atoms with van der Waals surface area (Å²) < 4.78 is 0. The SMILES string of the molecule is CCc1cc(N2CCN(C(=O)O)C(CO)C2)ccc1[N+](=O)[O-]. The number of carbonyl (C=O) groups is 1. The molecule has 8 heteroatoms. The van der Waals surface area contributed by atoms with E-state index in [4.69, 9.17) is 5.11 Å². The minimum Gasteiger partial charge on any atom is -0.465 e. The number of amides is 1. The highest BCUT2D eigenvalue weighted by Gasteiger charge is 2.30. The Balaban J connectivity index is 2.22. The van der Waals surface area contributed by atoms with E-state index >= 15 is 0 Å². The summed E-state index contributed by atoms with van der Waals surface area (Å²) in [5.74, 6) is 0. The van der Waals surface area contributed by atoms with Gasteiger partial charge in [0.25, 0.3) is 5.69 Å². The number of nitrogens with zero attached hydrogens (tertiary/aromatic N) is 3. The number of benzene rings is 1. The topological polar surface area (TPSA) is 107 Å². The van der Waals surface area contributed by atoms with Gasteiger partial charge in [-0.05, 0) is 18.6 Å². The second-order valence-electron chi connectivity index (χ2n) is 5.18. The highest BCUT2D eigenvalue weighted by atomic mass is 16.6. The van der Waals surface area contributed by atoms with Crippen LogP contribution in [0.1, 0.15) is 12.5 Å². The monoisotopic (exact) mass is 309 g/mol. The fraction of sp³-hybridized carbons (Fsp3) is 0.500. The number of hydrogen-bond acceptors (Lipinski definition) is 5.